The number of nitrogens with zero attached hydrogens (tertiary/aromatic N) is 3. The maximum absolute atomic E-state index is 11.0. The Kier molecular flexibility index (Phi) is 7.04. The predicted molar refractivity (Wildman–Crippen MR) is 77.5 cm³/mol. The Morgan fingerprint density at radius 3 is 2.70 bits per heavy atom. The second-order valence-electron chi connectivity index (χ2n) is 4.62. The molecule has 0 spiro atoms. The zero-order valence-corrected chi connectivity index (χ0v) is 11.8. The minimum Gasteiger partial charge on any atom is -0.364 e. The molecule has 6 heteroatoms. The molecule has 0 saturated carbocycles. The second-order valence-corrected chi connectivity index (χ2v) is 4.62. The number of anilines is 1. The van der Waals surface area contributed by atoms with Crippen molar-refractivity contribution >= 4 is 11.5 Å². The summed E-state index contributed by atoms with van der Waals surface area (Å²) in [6.45, 7) is 2.81. The van der Waals surface area contributed by atoms with Crippen LogP contribution in [-0.4, -0.2) is 16.5 Å². The zero-order chi connectivity index (χ0) is 14.8. The van der Waals surface area contributed by atoms with Crippen molar-refractivity contribution in [1.82, 2.24) is 4.98 Å². The normalized spacial score (nSPS) is 10.0. The van der Waals surface area contributed by atoms with E-state index in [0.717, 1.165) is 12.8 Å². The maximum Gasteiger partial charge on any atom is 0.328 e. The molecule has 1 N–H and O–H groups in total. The van der Waals surface area contributed by atoms with Crippen LogP contribution < -0.4 is 5.32 Å². The number of pyridine rings is 1. The van der Waals surface area contributed by atoms with Crippen LogP contribution >= 0.6 is 0 Å². The van der Waals surface area contributed by atoms with Crippen molar-refractivity contribution in [2.24, 2.45) is 0 Å². The predicted octanol–water partition coefficient (Wildman–Crippen LogP) is 3.63. The summed E-state index contributed by atoms with van der Waals surface area (Å²) in [6, 6.07) is 3.18. The molecule has 1 aromatic heterocycles. The molecule has 0 aliphatic rings. The number of nitriles is 1. The number of nitrogens with one attached hydrogen (secondary N) is 1. The van der Waals surface area contributed by atoms with Crippen LogP contribution in [0.25, 0.3) is 0 Å². The van der Waals surface area contributed by atoms with E-state index in [4.69, 9.17) is 5.26 Å². The largest absolute Gasteiger partial charge is 0.364 e. The highest BCUT2D eigenvalue weighted by Crippen LogP contribution is 2.25. The maximum atomic E-state index is 11.0. The fourth-order valence-electron chi connectivity index (χ4n) is 1.97. The molecule has 0 amide bonds. The van der Waals surface area contributed by atoms with Crippen molar-refractivity contribution in [3.8, 4) is 6.07 Å². The van der Waals surface area contributed by atoms with Gasteiger partial charge in [0.2, 0.25) is 5.82 Å². The first-order valence-corrected chi connectivity index (χ1v) is 6.98. The Labute approximate surface area is 119 Å². The molecule has 1 rings (SSSR count). The van der Waals surface area contributed by atoms with Gasteiger partial charge in [-0.2, -0.15) is 5.26 Å². The summed E-state index contributed by atoms with van der Waals surface area (Å²) in [4.78, 5) is 14.4. The molecule has 0 bridgehead atoms. The minimum absolute atomic E-state index is 0.0374. The van der Waals surface area contributed by atoms with E-state index in [0.29, 0.717) is 6.54 Å². The van der Waals surface area contributed by atoms with Gasteiger partial charge in [0.05, 0.1) is 4.92 Å². The van der Waals surface area contributed by atoms with Gasteiger partial charge < -0.3 is 5.32 Å². The monoisotopic (exact) mass is 276 g/mol. The SMILES string of the molecule is CCCCCCCCNc1nccc(C#N)c1[N+](=O)[O-]. The summed E-state index contributed by atoms with van der Waals surface area (Å²) in [5.74, 6) is 0.183. The van der Waals surface area contributed by atoms with Gasteiger partial charge in [-0.05, 0) is 12.5 Å². The van der Waals surface area contributed by atoms with E-state index in [1.807, 2.05) is 6.07 Å². The molecular weight excluding hydrogens is 256 g/mol. The van der Waals surface area contributed by atoms with Crippen LogP contribution in [0.1, 0.15) is 51.0 Å². The van der Waals surface area contributed by atoms with Gasteiger partial charge >= 0.3 is 5.69 Å². The average molecular weight is 276 g/mol. The Bertz CT molecular complexity index is 483. The van der Waals surface area contributed by atoms with Crippen molar-refractivity contribution in [3.63, 3.8) is 0 Å². The molecule has 1 heterocycles. The third-order valence-corrected chi connectivity index (χ3v) is 3.05. The van der Waals surface area contributed by atoms with E-state index in [2.05, 4.69) is 17.2 Å². The number of hydrogen-bond donors (Lipinski definition) is 1. The molecule has 108 valence electrons. The van der Waals surface area contributed by atoms with Gasteiger partial charge in [-0.1, -0.05) is 39.0 Å². The van der Waals surface area contributed by atoms with E-state index < -0.39 is 4.92 Å². The van der Waals surface area contributed by atoms with Crippen LogP contribution in [-0.2, 0) is 0 Å². The van der Waals surface area contributed by atoms with Gasteiger partial charge in [-0.3, -0.25) is 10.1 Å². The first kappa shape index (κ1) is 15.9. The standard InChI is InChI=1S/C14H20N4O2/c1-2-3-4-5-6-7-9-16-14-13(18(19)20)12(11-15)8-10-17-14/h8,10H,2-7,9H2,1H3,(H,16,17). The molecule has 0 aliphatic heterocycles. The molecule has 0 aromatic carbocycles. The third kappa shape index (κ3) is 4.84. The summed E-state index contributed by atoms with van der Waals surface area (Å²) in [6.07, 6.45) is 8.34. The molecule has 0 radical (unpaired) electrons. The first-order chi connectivity index (χ1) is 9.70. The summed E-state index contributed by atoms with van der Waals surface area (Å²) in [5.41, 5.74) is -0.198. The molecular formula is C14H20N4O2. The summed E-state index contributed by atoms with van der Waals surface area (Å²) in [7, 11) is 0. The van der Waals surface area contributed by atoms with Crippen LogP contribution in [0.3, 0.4) is 0 Å². The Morgan fingerprint density at radius 1 is 1.35 bits per heavy atom. The molecule has 20 heavy (non-hydrogen) atoms. The molecule has 1 aromatic rings. The lowest BCUT2D eigenvalue weighted by atomic mass is 10.1. The summed E-state index contributed by atoms with van der Waals surface area (Å²) >= 11 is 0. The van der Waals surface area contributed by atoms with Gasteiger partial charge in [-0.15, -0.1) is 0 Å². The molecule has 0 atom stereocenters. The topological polar surface area (TPSA) is 91.8 Å². The van der Waals surface area contributed by atoms with Crippen molar-refractivity contribution in [2.75, 3.05) is 11.9 Å². The number of hydrogen-bond acceptors (Lipinski definition) is 5. The lowest BCUT2D eigenvalue weighted by molar-refractivity contribution is -0.384. The van der Waals surface area contributed by atoms with Crippen LogP contribution in [0.4, 0.5) is 11.5 Å². The lowest BCUT2D eigenvalue weighted by Gasteiger charge is -2.06. The highest BCUT2D eigenvalue weighted by Gasteiger charge is 2.20. The van der Waals surface area contributed by atoms with E-state index in [9.17, 15) is 10.1 Å². The van der Waals surface area contributed by atoms with E-state index >= 15 is 0 Å². The van der Waals surface area contributed by atoms with Gasteiger partial charge in [0, 0.05) is 12.7 Å². The van der Waals surface area contributed by atoms with Crippen molar-refractivity contribution in [3.05, 3.63) is 27.9 Å². The Balaban J connectivity index is 2.48. The fraction of sp³-hybridized carbons (Fsp3) is 0.571. The number of nitro groups is 1. The fourth-order valence-corrected chi connectivity index (χ4v) is 1.97. The molecule has 0 saturated heterocycles. The van der Waals surface area contributed by atoms with E-state index in [-0.39, 0.29) is 17.1 Å². The molecule has 0 aliphatic carbocycles. The second kappa shape index (κ2) is 8.86. The number of aromatic nitrogens is 1. The van der Waals surface area contributed by atoms with Crippen molar-refractivity contribution in [1.29, 1.82) is 5.26 Å². The van der Waals surface area contributed by atoms with Crippen molar-refractivity contribution in [2.45, 2.75) is 45.4 Å². The lowest BCUT2D eigenvalue weighted by Crippen LogP contribution is -2.07. The van der Waals surface area contributed by atoms with Gasteiger partial charge in [0.1, 0.15) is 11.6 Å². The first-order valence-electron chi connectivity index (χ1n) is 6.98. The number of unbranched alkanes of at least 4 members (excludes halogenated alkanes) is 5. The smallest absolute Gasteiger partial charge is 0.328 e. The highest BCUT2D eigenvalue weighted by molar-refractivity contribution is 5.63. The van der Waals surface area contributed by atoms with Gasteiger partial charge in [0.25, 0.3) is 0 Å². The molecule has 0 fully saturated rings. The van der Waals surface area contributed by atoms with Gasteiger partial charge in [0.15, 0.2) is 0 Å². The number of rotatable bonds is 9. The van der Waals surface area contributed by atoms with Gasteiger partial charge in [-0.25, -0.2) is 4.98 Å². The van der Waals surface area contributed by atoms with Crippen molar-refractivity contribution < 1.29 is 4.92 Å². The summed E-state index contributed by atoms with van der Waals surface area (Å²) in [5, 5.41) is 22.8. The summed E-state index contributed by atoms with van der Waals surface area (Å²) < 4.78 is 0. The Morgan fingerprint density at radius 2 is 2.05 bits per heavy atom. The third-order valence-electron chi connectivity index (χ3n) is 3.05. The van der Waals surface area contributed by atoms with Crippen LogP contribution in [0, 0.1) is 21.4 Å². The Hall–Kier alpha value is -2.16. The van der Waals surface area contributed by atoms with Crippen LogP contribution in [0.5, 0.6) is 0 Å². The molecule has 6 nitrogen and oxygen atoms in total. The van der Waals surface area contributed by atoms with E-state index in [1.165, 1.54) is 37.9 Å². The molecule has 0 unspecified atom stereocenters. The average Bonchev–Trinajstić information content (AvgIpc) is 2.45. The van der Waals surface area contributed by atoms with Crippen LogP contribution in [0.2, 0.25) is 0 Å². The quantitative estimate of drug-likeness (QED) is 0.422. The minimum atomic E-state index is -0.560. The highest BCUT2D eigenvalue weighted by atomic mass is 16.6. The van der Waals surface area contributed by atoms with E-state index in [1.54, 1.807) is 0 Å². The zero-order valence-electron chi connectivity index (χ0n) is 11.8. The van der Waals surface area contributed by atoms with Crippen LogP contribution in [0.15, 0.2) is 12.3 Å².